The van der Waals surface area contributed by atoms with Gasteiger partial charge in [-0.3, -0.25) is 9.78 Å². The highest BCUT2D eigenvalue weighted by molar-refractivity contribution is 5.82. The van der Waals surface area contributed by atoms with Gasteiger partial charge in [0.05, 0.1) is 29.0 Å². The maximum atomic E-state index is 11.7. The normalized spacial score (nSPS) is 17.6. The number of carbonyl (C=O) groups excluding carboxylic acids is 1. The van der Waals surface area contributed by atoms with Gasteiger partial charge in [0, 0.05) is 5.39 Å². The van der Waals surface area contributed by atoms with Crippen molar-refractivity contribution in [2.75, 3.05) is 0 Å². The van der Waals surface area contributed by atoms with Crippen molar-refractivity contribution in [1.29, 1.82) is 0 Å². The molecule has 1 aliphatic rings. The third kappa shape index (κ3) is 3.02. The second-order valence-electron chi connectivity index (χ2n) is 6.13. The minimum absolute atomic E-state index is 0.168. The number of aromatic nitrogens is 1. The first kappa shape index (κ1) is 14.7. The third-order valence-electron chi connectivity index (χ3n) is 4.09. The highest BCUT2D eigenvalue weighted by Gasteiger charge is 2.46. The van der Waals surface area contributed by atoms with Crippen LogP contribution in [0.1, 0.15) is 44.1 Å². The van der Waals surface area contributed by atoms with Crippen molar-refractivity contribution in [2.45, 2.75) is 32.8 Å². The van der Waals surface area contributed by atoms with E-state index in [1.165, 1.54) is 6.26 Å². The summed E-state index contributed by atoms with van der Waals surface area (Å²) in [6.07, 6.45) is 4.40. The van der Waals surface area contributed by atoms with E-state index in [9.17, 15) is 9.90 Å². The second kappa shape index (κ2) is 5.54. The van der Waals surface area contributed by atoms with Crippen LogP contribution in [0.3, 0.4) is 0 Å². The van der Waals surface area contributed by atoms with E-state index in [-0.39, 0.29) is 11.4 Å². The first-order chi connectivity index (χ1) is 10.5. The second-order valence-corrected chi connectivity index (χ2v) is 6.13. The topological polar surface area (TPSA) is 59.4 Å². The predicted molar refractivity (Wildman–Crippen MR) is 84.8 cm³/mol. The molecule has 1 aliphatic carbocycles. The molecular weight excluding hydrogens is 278 g/mol. The number of nitrogens with zero attached hydrogens (tertiary/aromatic N) is 1. The van der Waals surface area contributed by atoms with Crippen LogP contribution in [0.2, 0.25) is 0 Å². The fraction of sp³-hybridized carbons (Fsp3) is 0.333. The van der Waals surface area contributed by atoms with Crippen LogP contribution in [-0.2, 0) is 9.53 Å². The average Bonchev–Trinajstić information content (AvgIpc) is 3.25. The number of pyridine rings is 1. The summed E-state index contributed by atoms with van der Waals surface area (Å²) in [6, 6.07) is 9.56. The lowest BCUT2D eigenvalue weighted by molar-refractivity contribution is -0.143. The van der Waals surface area contributed by atoms with E-state index < -0.39 is 6.10 Å². The quantitative estimate of drug-likeness (QED) is 0.692. The van der Waals surface area contributed by atoms with E-state index >= 15 is 0 Å². The van der Waals surface area contributed by atoms with E-state index in [1.54, 1.807) is 13.0 Å². The maximum Gasteiger partial charge on any atom is 0.316 e. The van der Waals surface area contributed by atoms with Gasteiger partial charge in [0.25, 0.3) is 0 Å². The van der Waals surface area contributed by atoms with E-state index in [0.717, 1.165) is 29.3 Å². The van der Waals surface area contributed by atoms with Gasteiger partial charge in [-0.1, -0.05) is 18.2 Å². The molecule has 1 fully saturated rings. The zero-order valence-electron chi connectivity index (χ0n) is 12.7. The summed E-state index contributed by atoms with van der Waals surface area (Å²) in [7, 11) is 0. The average molecular weight is 297 g/mol. The van der Waals surface area contributed by atoms with Crippen molar-refractivity contribution in [1.82, 2.24) is 4.98 Å². The Bertz CT molecular complexity index is 745. The molecule has 114 valence electrons. The lowest BCUT2D eigenvalue weighted by atomic mass is 10.1. The Morgan fingerprint density at radius 2 is 2.09 bits per heavy atom. The first-order valence-corrected chi connectivity index (χ1v) is 7.44. The Morgan fingerprint density at radius 1 is 1.36 bits per heavy atom. The molecule has 0 bridgehead atoms. The van der Waals surface area contributed by atoms with Crippen LogP contribution in [0.25, 0.3) is 17.0 Å². The van der Waals surface area contributed by atoms with Crippen molar-refractivity contribution in [3.05, 3.63) is 47.9 Å². The zero-order valence-corrected chi connectivity index (χ0v) is 12.7. The van der Waals surface area contributed by atoms with Crippen molar-refractivity contribution < 1.29 is 14.6 Å². The molecule has 1 aromatic carbocycles. The highest BCUT2D eigenvalue weighted by Crippen LogP contribution is 2.46. The van der Waals surface area contributed by atoms with Crippen molar-refractivity contribution >= 4 is 22.9 Å². The zero-order chi connectivity index (χ0) is 15.7. The van der Waals surface area contributed by atoms with Crippen LogP contribution in [0.4, 0.5) is 0 Å². The molecule has 1 atom stereocenters. The SMILES string of the molecule is CC(O)c1ccc2ccc(C=COC(=O)C3(C)CC3)cc2n1. The minimum atomic E-state index is -0.594. The molecular formula is C18H19NO3. The molecule has 2 aromatic rings. The van der Waals surface area contributed by atoms with E-state index in [2.05, 4.69) is 4.98 Å². The molecule has 0 radical (unpaired) electrons. The van der Waals surface area contributed by atoms with Crippen LogP contribution >= 0.6 is 0 Å². The number of aliphatic hydroxyl groups is 1. The molecule has 3 rings (SSSR count). The number of benzene rings is 1. The van der Waals surface area contributed by atoms with Crippen LogP contribution in [0.15, 0.2) is 36.6 Å². The van der Waals surface area contributed by atoms with Crippen LogP contribution in [-0.4, -0.2) is 16.1 Å². The Hall–Kier alpha value is -2.20. The smallest absolute Gasteiger partial charge is 0.316 e. The summed E-state index contributed by atoms with van der Waals surface area (Å²) in [4.78, 5) is 16.2. The van der Waals surface area contributed by atoms with Gasteiger partial charge in [-0.2, -0.15) is 0 Å². The van der Waals surface area contributed by atoms with Crippen molar-refractivity contribution in [3.8, 4) is 0 Å². The number of hydrogen-bond acceptors (Lipinski definition) is 4. The fourth-order valence-electron chi connectivity index (χ4n) is 2.19. The molecule has 1 heterocycles. The van der Waals surface area contributed by atoms with Gasteiger partial charge in [-0.05, 0) is 50.5 Å². The van der Waals surface area contributed by atoms with Crippen LogP contribution in [0.5, 0.6) is 0 Å². The predicted octanol–water partition coefficient (Wildman–Crippen LogP) is 3.60. The Morgan fingerprint density at radius 3 is 2.77 bits per heavy atom. The number of fused-ring (bicyclic) bond motifs is 1. The highest BCUT2D eigenvalue weighted by atomic mass is 16.5. The number of hydrogen-bond donors (Lipinski definition) is 1. The van der Waals surface area contributed by atoms with E-state index in [0.29, 0.717) is 5.69 Å². The summed E-state index contributed by atoms with van der Waals surface area (Å²) < 4.78 is 5.17. The summed E-state index contributed by atoms with van der Waals surface area (Å²) in [5.74, 6) is -0.168. The van der Waals surface area contributed by atoms with Crippen LogP contribution < -0.4 is 0 Å². The van der Waals surface area contributed by atoms with Gasteiger partial charge >= 0.3 is 5.97 Å². The molecule has 4 heteroatoms. The van der Waals surface area contributed by atoms with Gasteiger partial charge < -0.3 is 9.84 Å². The largest absolute Gasteiger partial charge is 0.434 e. The van der Waals surface area contributed by atoms with Crippen LogP contribution in [0, 0.1) is 5.41 Å². The molecule has 0 saturated heterocycles. The first-order valence-electron chi connectivity index (χ1n) is 7.44. The molecule has 1 unspecified atom stereocenters. The summed E-state index contributed by atoms with van der Waals surface area (Å²) in [5.41, 5.74) is 2.07. The van der Waals surface area contributed by atoms with Gasteiger partial charge in [-0.15, -0.1) is 0 Å². The molecule has 1 aromatic heterocycles. The summed E-state index contributed by atoms with van der Waals surface area (Å²) >= 11 is 0. The van der Waals surface area contributed by atoms with Gasteiger partial charge in [-0.25, -0.2) is 0 Å². The number of ether oxygens (including phenoxy) is 1. The monoisotopic (exact) mass is 297 g/mol. The van der Waals surface area contributed by atoms with Gasteiger partial charge in [0.1, 0.15) is 0 Å². The summed E-state index contributed by atoms with van der Waals surface area (Å²) in [5, 5.41) is 10.6. The van der Waals surface area contributed by atoms with E-state index in [1.807, 2.05) is 37.3 Å². The fourth-order valence-corrected chi connectivity index (χ4v) is 2.19. The molecule has 1 saturated carbocycles. The van der Waals surface area contributed by atoms with Gasteiger partial charge in [0.2, 0.25) is 0 Å². The number of carbonyl (C=O) groups is 1. The molecule has 0 amide bonds. The number of esters is 1. The molecule has 1 N–H and O–H groups in total. The number of aliphatic hydroxyl groups excluding tert-OH is 1. The van der Waals surface area contributed by atoms with Gasteiger partial charge in [0.15, 0.2) is 0 Å². The molecule has 4 nitrogen and oxygen atoms in total. The Balaban J connectivity index is 1.77. The molecule has 22 heavy (non-hydrogen) atoms. The number of rotatable bonds is 4. The Kier molecular flexibility index (Phi) is 3.71. The lowest BCUT2D eigenvalue weighted by Crippen LogP contribution is -2.12. The molecule has 0 spiro atoms. The van der Waals surface area contributed by atoms with Crippen molar-refractivity contribution in [3.63, 3.8) is 0 Å². The maximum absolute atomic E-state index is 11.7. The van der Waals surface area contributed by atoms with E-state index in [4.69, 9.17) is 4.74 Å². The summed E-state index contributed by atoms with van der Waals surface area (Å²) in [6.45, 7) is 3.61. The Labute approximate surface area is 129 Å². The molecule has 0 aliphatic heterocycles. The third-order valence-corrected chi connectivity index (χ3v) is 4.09. The van der Waals surface area contributed by atoms with Crippen molar-refractivity contribution in [2.24, 2.45) is 5.41 Å². The lowest BCUT2D eigenvalue weighted by Gasteiger charge is -2.06. The minimum Gasteiger partial charge on any atom is -0.434 e. The standard InChI is InChI=1S/C18H19NO3/c1-12(20)15-6-5-14-4-3-13(11-16(14)19-15)7-10-22-17(21)18(2)8-9-18/h3-7,10-12,20H,8-9H2,1-2H3.